The number of nitrogens with zero attached hydrogens (tertiary/aromatic N) is 1. The summed E-state index contributed by atoms with van der Waals surface area (Å²) >= 11 is 3.63. The van der Waals surface area contributed by atoms with E-state index < -0.39 is 0 Å². The number of rotatable bonds is 6. The van der Waals surface area contributed by atoms with E-state index in [1.165, 1.54) is 18.4 Å². The number of nitrogens with one attached hydrogen (secondary N) is 1. The second-order valence-corrected chi connectivity index (χ2v) is 5.93. The molecule has 1 saturated carbocycles. The first-order valence-corrected chi connectivity index (χ1v) is 7.26. The van der Waals surface area contributed by atoms with Gasteiger partial charge in [-0.25, -0.2) is 0 Å². The van der Waals surface area contributed by atoms with Crippen LogP contribution in [0.4, 0.5) is 5.69 Å². The molecule has 1 unspecified atom stereocenters. The molecule has 0 spiro atoms. The Morgan fingerprint density at radius 2 is 2.22 bits per heavy atom. The van der Waals surface area contributed by atoms with Gasteiger partial charge in [0.15, 0.2) is 0 Å². The molecule has 2 rings (SSSR count). The van der Waals surface area contributed by atoms with Crippen molar-refractivity contribution in [1.29, 1.82) is 0 Å². The Bertz CT molecular complexity index is 407. The number of halogens is 1. The zero-order valence-corrected chi connectivity index (χ0v) is 12.6. The summed E-state index contributed by atoms with van der Waals surface area (Å²) in [5.41, 5.74) is 2.41. The van der Waals surface area contributed by atoms with Crippen LogP contribution < -0.4 is 10.2 Å². The standard InChI is InChI=1S/C14H21BrN2O/c1-10(9-18)17(2)13-6-3-11(14(15)7-13)8-16-12-4-5-12/h3,6-7,10,12,16,18H,4-5,8-9H2,1-2H3. The van der Waals surface area contributed by atoms with Gasteiger partial charge in [0.25, 0.3) is 0 Å². The smallest absolute Gasteiger partial charge is 0.0632 e. The van der Waals surface area contributed by atoms with Gasteiger partial charge in [-0.3, -0.25) is 0 Å². The van der Waals surface area contributed by atoms with Gasteiger partial charge in [0.05, 0.1) is 6.61 Å². The Morgan fingerprint density at radius 3 is 2.78 bits per heavy atom. The van der Waals surface area contributed by atoms with Crippen molar-refractivity contribution in [2.24, 2.45) is 0 Å². The van der Waals surface area contributed by atoms with Crippen molar-refractivity contribution >= 4 is 21.6 Å². The van der Waals surface area contributed by atoms with Gasteiger partial charge in [-0.05, 0) is 37.5 Å². The molecule has 2 N–H and O–H groups in total. The van der Waals surface area contributed by atoms with Gasteiger partial charge in [0.2, 0.25) is 0 Å². The van der Waals surface area contributed by atoms with Crippen LogP contribution in [0.15, 0.2) is 22.7 Å². The summed E-state index contributed by atoms with van der Waals surface area (Å²) in [7, 11) is 2.00. The maximum atomic E-state index is 9.18. The van der Waals surface area contributed by atoms with Crippen molar-refractivity contribution in [2.45, 2.75) is 38.4 Å². The minimum Gasteiger partial charge on any atom is -0.394 e. The van der Waals surface area contributed by atoms with Gasteiger partial charge in [-0.1, -0.05) is 22.0 Å². The summed E-state index contributed by atoms with van der Waals surface area (Å²) in [6.07, 6.45) is 2.62. The molecule has 1 aliphatic rings. The van der Waals surface area contributed by atoms with E-state index in [9.17, 15) is 5.11 Å². The average Bonchev–Trinajstić information content (AvgIpc) is 3.19. The number of hydrogen-bond acceptors (Lipinski definition) is 3. The normalized spacial score (nSPS) is 16.7. The fourth-order valence-electron chi connectivity index (χ4n) is 1.82. The highest BCUT2D eigenvalue weighted by Crippen LogP contribution is 2.26. The van der Waals surface area contributed by atoms with Gasteiger partial charge in [0, 0.05) is 35.8 Å². The molecule has 0 bridgehead atoms. The Hall–Kier alpha value is -0.580. The predicted molar refractivity (Wildman–Crippen MR) is 79.0 cm³/mol. The third kappa shape index (κ3) is 3.46. The van der Waals surface area contributed by atoms with Crippen LogP contribution in [0.2, 0.25) is 0 Å². The maximum Gasteiger partial charge on any atom is 0.0632 e. The molecule has 0 amide bonds. The topological polar surface area (TPSA) is 35.5 Å². The van der Waals surface area contributed by atoms with E-state index in [-0.39, 0.29) is 12.6 Å². The van der Waals surface area contributed by atoms with Gasteiger partial charge in [-0.15, -0.1) is 0 Å². The highest BCUT2D eigenvalue weighted by Gasteiger charge is 2.20. The molecular weight excluding hydrogens is 292 g/mol. The first-order chi connectivity index (χ1) is 8.61. The number of anilines is 1. The Labute approximate surface area is 117 Å². The SMILES string of the molecule is CC(CO)N(C)c1ccc(CNC2CC2)c(Br)c1. The van der Waals surface area contributed by atoms with Crippen molar-refractivity contribution in [3.05, 3.63) is 28.2 Å². The third-order valence-electron chi connectivity index (χ3n) is 3.53. The second kappa shape index (κ2) is 6.04. The first kappa shape index (κ1) is 13.8. The number of likely N-dealkylation sites (N-methyl/N-ethyl adjacent to an activating group) is 1. The van der Waals surface area contributed by atoms with Crippen LogP contribution >= 0.6 is 15.9 Å². The molecule has 1 fully saturated rings. The minimum atomic E-state index is 0.132. The van der Waals surface area contributed by atoms with E-state index in [0.29, 0.717) is 0 Å². The molecule has 4 heteroatoms. The number of aliphatic hydroxyl groups excluding tert-OH is 1. The van der Waals surface area contributed by atoms with Crippen LogP contribution in [0, 0.1) is 0 Å². The average molecular weight is 313 g/mol. The van der Waals surface area contributed by atoms with Crippen LogP contribution in [0.3, 0.4) is 0 Å². The monoisotopic (exact) mass is 312 g/mol. The summed E-state index contributed by atoms with van der Waals surface area (Å²) in [6.45, 7) is 3.10. The van der Waals surface area contributed by atoms with E-state index in [4.69, 9.17) is 0 Å². The molecule has 0 radical (unpaired) electrons. The van der Waals surface area contributed by atoms with Gasteiger partial charge < -0.3 is 15.3 Å². The van der Waals surface area contributed by atoms with Crippen molar-refractivity contribution in [3.8, 4) is 0 Å². The lowest BCUT2D eigenvalue weighted by Gasteiger charge is -2.26. The lowest BCUT2D eigenvalue weighted by molar-refractivity contribution is 0.270. The van der Waals surface area contributed by atoms with Crippen LogP contribution in [0.25, 0.3) is 0 Å². The largest absolute Gasteiger partial charge is 0.394 e. The van der Waals surface area contributed by atoms with Crippen LogP contribution in [0.1, 0.15) is 25.3 Å². The van der Waals surface area contributed by atoms with Crippen LogP contribution in [0.5, 0.6) is 0 Å². The summed E-state index contributed by atoms with van der Waals surface area (Å²) in [4.78, 5) is 2.09. The van der Waals surface area contributed by atoms with Gasteiger partial charge in [0.1, 0.15) is 0 Å². The summed E-state index contributed by atoms with van der Waals surface area (Å²) in [5.74, 6) is 0. The molecule has 18 heavy (non-hydrogen) atoms. The molecule has 1 aromatic rings. The zero-order valence-electron chi connectivity index (χ0n) is 11.0. The summed E-state index contributed by atoms with van der Waals surface area (Å²) in [5, 5.41) is 12.7. The highest BCUT2D eigenvalue weighted by atomic mass is 79.9. The van der Waals surface area contributed by atoms with Crippen molar-refractivity contribution in [3.63, 3.8) is 0 Å². The molecule has 0 aromatic heterocycles. The second-order valence-electron chi connectivity index (χ2n) is 5.07. The molecule has 3 nitrogen and oxygen atoms in total. The first-order valence-electron chi connectivity index (χ1n) is 6.47. The Morgan fingerprint density at radius 1 is 1.50 bits per heavy atom. The number of hydrogen-bond donors (Lipinski definition) is 2. The zero-order chi connectivity index (χ0) is 13.1. The van der Waals surface area contributed by atoms with Gasteiger partial charge in [-0.2, -0.15) is 0 Å². The Kier molecular flexibility index (Phi) is 4.65. The maximum absolute atomic E-state index is 9.18. The summed E-state index contributed by atoms with van der Waals surface area (Å²) < 4.78 is 1.13. The van der Waals surface area contributed by atoms with Crippen molar-refractivity contribution in [2.75, 3.05) is 18.6 Å². The van der Waals surface area contributed by atoms with E-state index in [1.807, 2.05) is 14.0 Å². The molecule has 1 atom stereocenters. The van der Waals surface area contributed by atoms with Crippen LogP contribution in [-0.2, 0) is 6.54 Å². The minimum absolute atomic E-state index is 0.132. The van der Waals surface area contributed by atoms with Gasteiger partial charge >= 0.3 is 0 Å². The third-order valence-corrected chi connectivity index (χ3v) is 4.27. The van der Waals surface area contributed by atoms with E-state index in [0.717, 1.165) is 22.7 Å². The summed E-state index contributed by atoms with van der Waals surface area (Å²) in [6, 6.07) is 7.24. The predicted octanol–water partition coefficient (Wildman–Crippen LogP) is 2.52. The molecule has 100 valence electrons. The molecule has 0 aliphatic heterocycles. The lowest BCUT2D eigenvalue weighted by Crippen LogP contribution is -2.31. The van der Waals surface area contributed by atoms with E-state index >= 15 is 0 Å². The fourth-order valence-corrected chi connectivity index (χ4v) is 2.32. The van der Waals surface area contributed by atoms with E-state index in [2.05, 4.69) is 44.3 Å². The fraction of sp³-hybridized carbons (Fsp3) is 0.571. The van der Waals surface area contributed by atoms with E-state index in [1.54, 1.807) is 0 Å². The van der Waals surface area contributed by atoms with Crippen molar-refractivity contribution in [1.82, 2.24) is 5.32 Å². The molecule has 1 aliphatic carbocycles. The highest BCUT2D eigenvalue weighted by molar-refractivity contribution is 9.10. The van der Waals surface area contributed by atoms with Crippen LogP contribution in [-0.4, -0.2) is 30.8 Å². The Balaban J connectivity index is 2.03. The molecular formula is C14H21BrN2O. The lowest BCUT2D eigenvalue weighted by atomic mass is 10.1. The molecule has 0 saturated heterocycles. The van der Waals surface area contributed by atoms with Crippen molar-refractivity contribution < 1.29 is 5.11 Å². The number of benzene rings is 1. The molecule has 1 aromatic carbocycles. The number of aliphatic hydroxyl groups is 1. The molecule has 0 heterocycles. The quantitative estimate of drug-likeness (QED) is 0.847.